The summed E-state index contributed by atoms with van der Waals surface area (Å²) in [5, 5.41) is 6.82. The van der Waals surface area contributed by atoms with E-state index < -0.39 is 0 Å². The van der Waals surface area contributed by atoms with Gasteiger partial charge in [-0.25, -0.2) is 0 Å². The minimum atomic E-state index is -0.0131. The van der Waals surface area contributed by atoms with Gasteiger partial charge < -0.3 is 15.6 Å². The van der Waals surface area contributed by atoms with Crippen molar-refractivity contribution in [3.63, 3.8) is 0 Å². The minimum Gasteiger partial charge on any atom is -0.352 e. The van der Waals surface area contributed by atoms with Crippen molar-refractivity contribution in [1.82, 2.24) is 15.5 Å². The van der Waals surface area contributed by atoms with Crippen molar-refractivity contribution < 1.29 is 9.32 Å². The number of nitrogens with two attached hydrogens (primary N) is 1. The molecule has 0 saturated heterocycles. The van der Waals surface area contributed by atoms with Gasteiger partial charge in [0.05, 0.1) is 0 Å². The van der Waals surface area contributed by atoms with Gasteiger partial charge in [-0.15, -0.1) is 12.4 Å². The highest BCUT2D eigenvalue weighted by molar-refractivity contribution is 5.85. The average Bonchev–Trinajstić information content (AvgIpc) is 2.90. The van der Waals surface area contributed by atoms with Crippen molar-refractivity contribution in [3.8, 4) is 0 Å². The molecular weight excluding hydrogens is 292 g/mol. The first-order chi connectivity index (χ1) is 9.56. The highest BCUT2D eigenvalue weighted by Crippen LogP contribution is 2.10. The Morgan fingerprint density at radius 1 is 1.43 bits per heavy atom. The standard InChI is InChI=1S/C14H26N4O2.ClH/c1-4-5-6-11(9-15)16-12(19)7-8-13-17-14(10(2)3)18-20-13;/h10-11H,4-9,15H2,1-3H3,(H,16,19);1H. The molecular formula is C14H27ClN4O2. The molecule has 3 N–H and O–H groups in total. The van der Waals surface area contributed by atoms with Crippen molar-refractivity contribution in [2.45, 2.75) is 64.8 Å². The molecule has 7 heteroatoms. The fourth-order valence-electron chi connectivity index (χ4n) is 1.82. The zero-order valence-corrected chi connectivity index (χ0v) is 13.9. The van der Waals surface area contributed by atoms with Crippen LogP contribution in [0.1, 0.15) is 64.1 Å². The third kappa shape index (κ3) is 7.43. The number of amides is 1. The van der Waals surface area contributed by atoms with Crippen LogP contribution in [0.2, 0.25) is 0 Å². The summed E-state index contributed by atoms with van der Waals surface area (Å²) in [5.74, 6) is 1.42. The van der Waals surface area contributed by atoms with Gasteiger partial charge in [-0.05, 0) is 6.42 Å². The Kier molecular flexibility index (Phi) is 9.99. The van der Waals surface area contributed by atoms with Crippen LogP contribution in [0, 0.1) is 0 Å². The van der Waals surface area contributed by atoms with Crippen molar-refractivity contribution in [2.24, 2.45) is 5.73 Å². The maximum Gasteiger partial charge on any atom is 0.227 e. The van der Waals surface area contributed by atoms with Crippen LogP contribution in [0.25, 0.3) is 0 Å². The molecule has 0 bridgehead atoms. The largest absolute Gasteiger partial charge is 0.352 e. The lowest BCUT2D eigenvalue weighted by Gasteiger charge is -2.15. The van der Waals surface area contributed by atoms with Crippen molar-refractivity contribution in [2.75, 3.05) is 6.54 Å². The highest BCUT2D eigenvalue weighted by Gasteiger charge is 2.13. The van der Waals surface area contributed by atoms with Crippen LogP contribution in [0.3, 0.4) is 0 Å². The highest BCUT2D eigenvalue weighted by atomic mass is 35.5. The van der Waals surface area contributed by atoms with Gasteiger partial charge >= 0.3 is 0 Å². The molecule has 1 aromatic heterocycles. The average molecular weight is 319 g/mol. The minimum absolute atomic E-state index is 0. The van der Waals surface area contributed by atoms with Crippen LogP contribution >= 0.6 is 12.4 Å². The van der Waals surface area contributed by atoms with Gasteiger partial charge in [0.2, 0.25) is 11.8 Å². The lowest BCUT2D eigenvalue weighted by molar-refractivity contribution is -0.121. The van der Waals surface area contributed by atoms with Gasteiger partial charge in [-0.2, -0.15) is 4.98 Å². The summed E-state index contributed by atoms with van der Waals surface area (Å²) >= 11 is 0. The molecule has 122 valence electrons. The van der Waals surface area contributed by atoms with E-state index in [1.54, 1.807) is 0 Å². The molecule has 0 saturated carbocycles. The fourth-order valence-corrected chi connectivity index (χ4v) is 1.82. The number of nitrogens with one attached hydrogen (secondary N) is 1. The Morgan fingerprint density at radius 3 is 2.67 bits per heavy atom. The van der Waals surface area contributed by atoms with Crippen LogP contribution in [0.4, 0.5) is 0 Å². The SMILES string of the molecule is CCCCC(CN)NC(=O)CCc1nc(C(C)C)no1.Cl. The Hall–Kier alpha value is -1.14. The van der Waals surface area contributed by atoms with Gasteiger partial charge in [0.25, 0.3) is 0 Å². The summed E-state index contributed by atoms with van der Waals surface area (Å²) in [5.41, 5.74) is 5.65. The molecule has 0 aromatic carbocycles. The number of halogens is 1. The number of rotatable bonds is 9. The molecule has 1 amide bonds. The predicted molar refractivity (Wildman–Crippen MR) is 84.5 cm³/mol. The lowest BCUT2D eigenvalue weighted by atomic mass is 10.1. The zero-order valence-electron chi connectivity index (χ0n) is 13.1. The van der Waals surface area contributed by atoms with Crippen LogP contribution in [0.15, 0.2) is 4.52 Å². The third-order valence-corrected chi connectivity index (χ3v) is 3.12. The molecule has 0 aliphatic rings. The zero-order chi connectivity index (χ0) is 15.0. The first-order valence-corrected chi connectivity index (χ1v) is 7.38. The molecule has 1 rings (SSSR count). The summed E-state index contributed by atoms with van der Waals surface area (Å²) < 4.78 is 5.11. The maximum atomic E-state index is 11.8. The number of aromatic nitrogens is 2. The molecule has 0 fully saturated rings. The molecule has 0 radical (unpaired) electrons. The molecule has 21 heavy (non-hydrogen) atoms. The molecule has 1 aromatic rings. The molecule has 0 aliphatic heterocycles. The molecule has 6 nitrogen and oxygen atoms in total. The van der Waals surface area contributed by atoms with Crippen LogP contribution < -0.4 is 11.1 Å². The summed E-state index contributed by atoms with van der Waals surface area (Å²) in [6, 6.07) is 0.0661. The Balaban J connectivity index is 0.00000400. The first-order valence-electron chi connectivity index (χ1n) is 7.38. The van der Waals surface area contributed by atoms with Gasteiger partial charge in [-0.3, -0.25) is 4.79 Å². The second-order valence-electron chi connectivity index (χ2n) is 5.34. The molecule has 1 heterocycles. The molecule has 1 atom stereocenters. The van der Waals surface area contributed by atoms with Crippen molar-refractivity contribution in [3.05, 3.63) is 11.7 Å². The Morgan fingerprint density at radius 2 is 2.14 bits per heavy atom. The lowest BCUT2D eigenvalue weighted by Crippen LogP contribution is -2.40. The van der Waals surface area contributed by atoms with E-state index in [1.807, 2.05) is 13.8 Å². The predicted octanol–water partition coefficient (Wildman–Crippen LogP) is 2.18. The topological polar surface area (TPSA) is 94.0 Å². The van der Waals surface area contributed by atoms with Crippen LogP contribution in [-0.4, -0.2) is 28.6 Å². The van der Waals surface area contributed by atoms with E-state index in [4.69, 9.17) is 10.3 Å². The number of hydrogen-bond acceptors (Lipinski definition) is 5. The third-order valence-electron chi connectivity index (χ3n) is 3.12. The number of aryl methyl sites for hydroxylation is 1. The van der Waals surface area contributed by atoms with Gasteiger partial charge in [0, 0.05) is 31.3 Å². The first kappa shape index (κ1) is 19.9. The number of nitrogens with zero attached hydrogens (tertiary/aromatic N) is 2. The smallest absolute Gasteiger partial charge is 0.227 e. The van der Waals surface area contributed by atoms with E-state index in [-0.39, 0.29) is 30.3 Å². The van der Waals surface area contributed by atoms with E-state index in [0.29, 0.717) is 31.1 Å². The fraction of sp³-hybridized carbons (Fsp3) is 0.786. The number of hydrogen-bond donors (Lipinski definition) is 2. The number of carbonyl (C=O) groups is 1. The van der Waals surface area contributed by atoms with E-state index in [1.165, 1.54) is 0 Å². The Bertz CT molecular complexity index is 409. The normalized spacial score (nSPS) is 12.0. The van der Waals surface area contributed by atoms with E-state index in [9.17, 15) is 4.79 Å². The van der Waals surface area contributed by atoms with Crippen LogP contribution in [-0.2, 0) is 11.2 Å². The van der Waals surface area contributed by atoms with Crippen molar-refractivity contribution >= 4 is 18.3 Å². The molecule has 0 spiro atoms. The summed E-state index contributed by atoms with van der Waals surface area (Å²) in [6.07, 6.45) is 3.92. The van der Waals surface area contributed by atoms with Gasteiger partial charge in [0.1, 0.15) is 0 Å². The summed E-state index contributed by atoms with van der Waals surface area (Å²) in [4.78, 5) is 16.1. The number of unbranched alkanes of at least 4 members (excludes halogenated alkanes) is 1. The van der Waals surface area contributed by atoms with Crippen LogP contribution in [0.5, 0.6) is 0 Å². The molecule has 1 unspecified atom stereocenters. The number of carbonyl (C=O) groups excluding carboxylic acids is 1. The Labute approximate surface area is 132 Å². The van der Waals surface area contributed by atoms with E-state index in [2.05, 4.69) is 22.4 Å². The molecule has 0 aliphatic carbocycles. The summed E-state index contributed by atoms with van der Waals surface area (Å²) in [7, 11) is 0. The maximum absolute atomic E-state index is 11.8. The quantitative estimate of drug-likeness (QED) is 0.727. The van der Waals surface area contributed by atoms with Gasteiger partial charge in [-0.1, -0.05) is 38.8 Å². The van der Waals surface area contributed by atoms with Gasteiger partial charge in [0.15, 0.2) is 5.82 Å². The van der Waals surface area contributed by atoms with Crippen molar-refractivity contribution in [1.29, 1.82) is 0 Å². The summed E-state index contributed by atoms with van der Waals surface area (Å²) in [6.45, 7) is 6.60. The van der Waals surface area contributed by atoms with E-state index >= 15 is 0 Å². The second-order valence-corrected chi connectivity index (χ2v) is 5.34. The monoisotopic (exact) mass is 318 g/mol. The van der Waals surface area contributed by atoms with E-state index in [0.717, 1.165) is 19.3 Å². The second kappa shape index (κ2) is 10.6.